The fourth-order valence-electron chi connectivity index (χ4n) is 0.385. The zero-order valence-electron chi connectivity index (χ0n) is 6.27. The molecule has 0 spiro atoms. The van der Waals surface area contributed by atoms with Crippen LogP contribution in [-0.4, -0.2) is 21.4 Å². The monoisotopic (exact) mass is 296 g/mol. The van der Waals surface area contributed by atoms with Gasteiger partial charge in [0.05, 0.1) is 0 Å². The predicted octanol–water partition coefficient (Wildman–Crippen LogP) is 1.65. The summed E-state index contributed by atoms with van der Waals surface area (Å²) in [6.07, 6.45) is 0. The van der Waals surface area contributed by atoms with Gasteiger partial charge in [0.2, 0.25) is 0 Å². The second-order valence-electron chi connectivity index (χ2n) is 1.39. The van der Waals surface area contributed by atoms with Gasteiger partial charge in [-0.25, -0.2) is 0 Å². The molecule has 0 amide bonds. The largest absolute Gasteiger partial charge is 0.325 e. The minimum atomic E-state index is 0. The minimum Gasteiger partial charge on any atom is -0.325 e. The Morgan fingerprint density at radius 2 is 0.909 bits per heavy atom. The first-order valence-corrected chi connectivity index (χ1v) is 3.97. The van der Waals surface area contributed by atoms with E-state index in [-0.39, 0.29) is 34.0 Å². The van der Waals surface area contributed by atoms with E-state index < -0.39 is 0 Å². The molecule has 0 N–H and O–H groups in total. The first kappa shape index (κ1) is 17.5. The van der Waals surface area contributed by atoms with Crippen LogP contribution >= 0.6 is 34.0 Å². The quantitative estimate of drug-likeness (QED) is 0.526. The highest BCUT2D eigenvalue weighted by Gasteiger charge is 1.57. The van der Waals surface area contributed by atoms with E-state index in [0.717, 1.165) is 5.15 Å². The molecule has 0 aliphatic heterocycles. The molecule has 0 aliphatic carbocycles. The van der Waals surface area contributed by atoms with Crippen LogP contribution < -0.4 is 0 Å². The Balaban J connectivity index is -0.000000116. The zero-order chi connectivity index (χ0) is 6.95. The topological polar surface area (TPSA) is 17.1 Å². The van der Waals surface area contributed by atoms with Crippen LogP contribution in [-0.2, 0) is 4.79 Å². The fraction of sp³-hybridized carbons (Fsp3) is 0. The maximum Gasteiger partial charge on any atom is 0.313 e. The summed E-state index contributed by atoms with van der Waals surface area (Å²) in [5.74, 6) is 0. The van der Waals surface area contributed by atoms with Gasteiger partial charge in [0.15, 0.2) is 0 Å². The molecule has 0 unspecified atom stereocenters. The number of carbonyl (C=O) groups is 1. The predicted molar refractivity (Wildman–Crippen MR) is 62.4 cm³/mol. The Kier molecular flexibility index (Phi) is 26.6. The van der Waals surface area contributed by atoms with E-state index in [1.807, 2.05) is 36.4 Å². The smallest absolute Gasteiger partial charge is 0.313 e. The van der Waals surface area contributed by atoms with Crippen LogP contribution in [0, 0.1) is 0 Å². The molecule has 62 valence electrons. The maximum absolute atomic E-state index is 8.87. The molecular formula is C7H11AlBr2O. The number of halogens is 2. The van der Waals surface area contributed by atoms with Crippen LogP contribution in [0.25, 0.3) is 0 Å². The SMILES string of the molecule is Br.Br.O=[CH][AlH2].c1ccccc1. The third kappa shape index (κ3) is 17.9. The number of rotatable bonds is 0. The van der Waals surface area contributed by atoms with Crippen molar-refractivity contribution in [3.63, 3.8) is 0 Å². The van der Waals surface area contributed by atoms with Gasteiger partial charge < -0.3 is 4.79 Å². The van der Waals surface area contributed by atoms with Crippen LogP contribution in [0.5, 0.6) is 0 Å². The summed E-state index contributed by atoms with van der Waals surface area (Å²) in [5.41, 5.74) is 0. The first-order chi connectivity index (χ1) is 4.41. The molecule has 0 radical (unpaired) electrons. The average Bonchev–Trinajstić information content (AvgIpc) is 1.93. The van der Waals surface area contributed by atoms with Crippen molar-refractivity contribution in [2.24, 2.45) is 0 Å². The first-order valence-electron chi connectivity index (χ1n) is 2.81. The van der Waals surface area contributed by atoms with Crippen molar-refractivity contribution in [1.29, 1.82) is 0 Å². The Labute approximate surface area is 96.2 Å². The maximum atomic E-state index is 8.87. The number of benzene rings is 1. The molecule has 1 aromatic rings. The van der Waals surface area contributed by atoms with Crippen molar-refractivity contribution < 1.29 is 4.79 Å². The Morgan fingerprint density at radius 1 is 0.818 bits per heavy atom. The van der Waals surface area contributed by atoms with Crippen LogP contribution in [0.2, 0.25) is 0 Å². The summed E-state index contributed by atoms with van der Waals surface area (Å²) < 4.78 is 0. The van der Waals surface area contributed by atoms with E-state index in [2.05, 4.69) is 0 Å². The summed E-state index contributed by atoms with van der Waals surface area (Å²) in [6.45, 7) is 0. The third-order valence-corrected chi connectivity index (χ3v) is 0.667. The molecule has 0 fully saturated rings. The van der Waals surface area contributed by atoms with Gasteiger partial charge in [-0.05, 0) is 0 Å². The fourth-order valence-corrected chi connectivity index (χ4v) is 0.385. The molecule has 1 rings (SSSR count). The molecule has 0 atom stereocenters. The molecular weight excluding hydrogens is 287 g/mol. The summed E-state index contributed by atoms with van der Waals surface area (Å²) in [4.78, 5) is 8.87. The summed E-state index contributed by atoms with van der Waals surface area (Å²) in [7, 11) is 0. The summed E-state index contributed by atoms with van der Waals surface area (Å²) in [6, 6.07) is 12.0. The minimum absolute atomic E-state index is 0. The van der Waals surface area contributed by atoms with E-state index in [0.29, 0.717) is 16.3 Å². The molecule has 0 heterocycles. The van der Waals surface area contributed by atoms with Gasteiger partial charge in [-0.1, -0.05) is 36.4 Å². The van der Waals surface area contributed by atoms with E-state index in [4.69, 9.17) is 4.79 Å². The van der Waals surface area contributed by atoms with Gasteiger partial charge in [-0.3, -0.25) is 0 Å². The second kappa shape index (κ2) is 16.8. The van der Waals surface area contributed by atoms with Crippen molar-refractivity contribution in [3.8, 4) is 0 Å². The number of hydrogen-bond donors (Lipinski definition) is 0. The van der Waals surface area contributed by atoms with Crippen molar-refractivity contribution in [2.75, 3.05) is 0 Å². The number of hydrogen-bond acceptors (Lipinski definition) is 1. The Hall–Kier alpha value is 0.382. The van der Waals surface area contributed by atoms with Crippen LogP contribution in [0.3, 0.4) is 0 Å². The van der Waals surface area contributed by atoms with E-state index in [1.54, 1.807) is 0 Å². The highest BCUT2D eigenvalue weighted by Crippen LogP contribution is 1.79. The van der Waals surface area contributed by atoms with Crippen molar-refractivity contribution in [1.82, 2.24) is 0 Å². The van der Waals surface area contributed by atoms with Gasteiger partial charge >= 0.3 is 16.3 Å². The van der Waals surface area contributed by atoms with Gasteiger partial charge in [0.25, 0.3) is 0 Å². The van der Waals surface area contributed by atoms with Crippen LogP contribution in [0.1, 0.15) is 0 Å². The molecule has 4 heteroatoms. The van der Waals surface area contributed by atoms with E-state index >= 15 is 0 Å². The summed E-state index contributed by atoms with van der Waals surface area (Å²) in [5, 5.41) is 0.889. The Bertz CT molecular complexity index is 120. The lowest BCUT2D eigenvalue weighted by Gasteiger charge is -1.69. The standard InChI is InChI=1S/C6H6.CHO.Al.2BrH.2H/c1-2-4-6-5-3-1;1-2;;;;;/h1-6H;1H;;2*1H;;. The highest BCUT2D eigenvalue weighted by atomic mass is 79.9. The van der Waals surface area contributed by atoms with Crippen molar-refractivity contribution in [3.05, 3.63) is 36.4 Å². The third-order valence-electron chi connectivity index (χ3n) is 0.667. The van der Waals surface area contributed by atoms with Crippen LogP contribution in [0.4, 0.5) is 0 Å². The van der Waals surface area contributed by atoms with Crippen LogP contribution in [0.15, 0.2) is 36.4 Å². The number of carbonyl (C=O) groups excluding carboxylic acids is 1. The highest BCUT2D eigenvalue weighted by molar-refractivity contribution is 8.93. The second-order valence-corrected chi connectivity index (χ2v) is 1.86. The molecule has 1 aromatic carbocycles. The average molecular weight is 298 g/mol. The van der Waals surface area contributed by atoms with Crippen molar-refractivity contribution in [2.45, 2.75) is 0 Å². The summed E-state index contributed by atoms with van der Waals surface area (Å²) >= 11 is 0.688. The molecule has 0 aromatic heterocycles. The molecule has 0 saturated heterocycles. The van der Waals surface area contributed by atoms with E-state index in [1.165, 1.54) is 0 Å². The molecule has 11 heavy (non-hydrogen) atoms. The molecule has 0 saturated carbocycles. The van der Waals surface area contributed by atoms with Crippen molar-refractivity contribution >= 4 is 55.4 Å². The lowest BCUT2D eigenvalue weighted by atomic mass is 10.4. The Morgan fingerprint density at radius 3 is 1.00 bits per heavy atom. The lowest BCUT2D eigenvalue weighted by Crippen LogP contribution is -1.52. The van der Waals surface area contributed by atoms with Gasteiger partial charge in [0.1, 0.15) is 0 Å². The normalized spacial score (nSPS) is 5.45. The van der Waals surface area contributed by atoms with Gasteiger partial charge in [-0.2, -0.15) is 0 Å². The van der Waals surface area contributed by atoms with E-state index in [9.17, 15) is 0 Å². The molecule has 0 aliphatic rings. The lowest BCUT2D eigenvalue weighted by molar-refractivity contribution is 0.569. The van der Waals surface area contributed by atoms with Gasteiger partial charge in [0, 0.05) is 5.15 Å². The molecule has 0 bridgehead atoms. The molecule has 1 nitrogen and oxygen atoms in total. The van der Waals surface area contributed by atoms with Gasteiger partial charge in [-0.15, -0.1) is 34.0 Å². The zero-order valence-corrected chi connectivity index (χ0v) is 11.7.